The lowest BCUT2D eigenvalue weighted by Gasteiger charge is -2.07. The molecule has 0 saturated carbocycles. The summed E-state index contributed by atoms with van der Waals surface area (Å²) in [6.45, 7) is -0.130. The monoisotopic (exact) mass is 362 g/mol. The van der Waals surface area contributed by atoms with Crippen molar-refractivity contribution >= 4 is 29.2 Å². The smallest absolute Gasteiger partial charge is 0.345 e. The first-order valence-electron chi connectivity index (χ1n) is 7.39. The Kier molecular flexibility index (Phi) is 6.47. The number of esters is 1. The normalized spacial score (nSPS) is 10.1. The Morgan fingerprint density at radius 1 is 1.16 bits per heavy atom. The molecule has 0 aliphatic heterocycles. The van der Waals surface area contributed by atoms with Crippen molar-refractivity contribution in [1.29, 1.82) is 0 Å². The number of hydrogen-bond acceptors (Lipinski definition) is 5. The van der Waals surface area contributed by atoms with Gasteiger partial charge in [0.2, 0.25) is 0 Å². The molecule has 0 spiro atoms. The summed E-state index contributed by atoms with van der Waals surface area (Å²) in [5.41, 5.74) is 0.338. The fraction of sp³-hybridized carbons (Fsp3) is 0.176. The summed E-state index contributed by atoms with van der Waals surface area (Å²) in [7, 11) is 0. The van der Waals surface area contributed by atoms with Crippen molar-refractivity contribution in [2.75, 3.05) is 13.2 Å². The highest BCUT2D eigenvalue weighted by molar-refractivity contribution is 6.31. The molecular formula is C17H15ClN2O5. The molecular weight excluding hydrogens is 348 g/mol. The van der Waals surface area contributed by atoms with Gasteiger partial charge in [0.05, 0.1) is 4.92 Å². The van der Waals surface area contributed by atoms with Crippen LogP contribution in [0.3, 0.4) is 0 Å². The second-order valence-electron chi connectivity index (χ2n) is 5.08. The Morgan fingerprint density at radius 3 is 2.56 bits per heavy atom. The van der Waals surface area contributed by atoms with Gasteiger partial charge < -0.3 is 10.1 Å². The average molecular weight is 363 g/mol. The van der Waals surface area contributed by atoms with Crippen molar-refractivity contribution in [2.45, 2.75) is 6.42 Å². The van der Waals surface area contributed by atoms with E-state index < -0.39 is 29.1 Å². The Labute approximate surface area is 148 Å². The summed E-state index contributed by atoms with van der Waals surface area (Å²) >= 11 is 5.68. The molecule has 0 radical (unpaired) electrons. The standard InChI is InChI=1S/C17H15ClN2O5/c18-13-6-7-14(15(10-13)20(23)24)17(22)25-11-16(21)19-9-8-12-4-2-1-3-5-12/h1-7,10H,8-9,11H2,(H,19,21). The third kappa shape index (κ3) is 5.58. The van der Waals surface area contributed by atoms with Gasteiger partial charge in [-0.15, -0.1) is 0 Å². The molecule has 0 bridgehead atoms. The van der Waals surface area contributed by atoms with Gasteiger partial charge >= 0.3 is 5.97 Å². The number of nitro groups is 1. The minimum absolute atomic E-state index is 0.127. The van der Waals surface area contributed by atoms with E-state index in [2.05, 4.69) is 5.32 Å². The molecule has 130 valence electrons. The Morgan fingerprint density at radius 2 is 1.88 bits per heavy atom. The van der Waals surface area contributed by atoms with E-state index in [1.54, 1.807) is 0 Å². The van der Waals surface area contributed by atoms with Gasteiger partial charge in [-0.25, -0.2) is 4.79 Å². The summed E-state index contributed by atoms with van der Waals surface area (Å²) in [5.74, 6) is -1.44. The topological polar surface area (TPSA) is 98.5 Å². The van der Waals surface area contributed by atoms with Crippen molar-refractivity contribution in [1.82, 2.24) is 5.32 Å². The van der Waals surface area contributed by atoms with Crippen LogP contribution in [0, 0.1) is 10.1 Å². The minimum Gasteiger partial charge on any atom is -0.452 e. The molecule has 1 N–H and O–H groups in total. The second-order valence-corrected chi connectivity index (χ2v) is 5.52. The highest BCUT2D eigenvalue weighted by atomic mass is 35.5. The van der Waals surface area contributed by atoms with Crippen LogP contribution in [0.5, 0.6) is 0 Å². The van der Waals surface area contributed by atoms with E-state index in [0.717, 1.165) is 11.6 Å². The number of halogens is 1. The first-order valence-corrected chi connectivity index (χ1v) is 7.77. The number of nitro benzene ring substituents is 1. The number of carbonyl (C=O) groups is 2. The first kappa shape index (κ1) is 18.4. The Hall–Kier alpha value is -2.93. The molecule has 8 heteroatoms. The first-order chi connectivity index (χ1) is 12.0. The largest absolute Gasteiger partial charge is 0.452 e. The van der Waals surface area contributed by atoms with E-state index >= 15 is 0 Å². The van der Waals surface area contributed by atoms with Crippen molar-refractivity contribution in [3.05, 3.63) is 74.8 Å². The minimum atomic E-state index is -0.957. The van der Waals surface area contributed by atoms with Gasteiger partial charge in [-0.2, -0.15) is 0 Å². The number of nitrogens with zero attached hydrogens (tertiary/aromatic N) is 1. The van der Waals surface area contributed by atoms with Gasteiger partial charge in [0.15, 0.2) is 6.61 Å². The molecule has 0 aliphatic carbocycles. The molecule has 0 aromatic heterocycles. The van der Waals surface area contributed by atoms with Crippen molar-refractivity contribution in [3.8, 4) is 0 Å². The van der Waals surface area contributed by atoms with E-state index in [9.17, 15) is 19.7 Å². The lowest BCUT2D eigenvalue weighted by molar-refractivity contribution is -0.385. The van der Waals surface area contributed by atoms with Crippen LogP contribution in [0.4, 0.5) is 5.69 Å². The highest BCUT2D eigenvalue weighted by Crippen LogP contribution is 2.23. The summed E-state index contributed by atoms with van der Waals surface area (Å²) in [6, 6.07) is 13.2. The summed E-state index contributed by atoms with van der Waals surface area (Å²) in [5, 5.41) is 13.7. The molecule has 0 aliphatic rings. The zero-order chi connectivity index (χ0) is 18.2. The summed E-state index contributed by atoms with van der Waals surface area (Å²) in [6.07, 6.45) is 0.642. The maximum Gasteiger partial charge on any atom is 0.345 e. The number of benzene rings is 2. The van der Waals surface area contributed by atoms with Crippen LogP contribution in [0.1, 0.15) is 15.9 Å². The number of amides is 1. The molecule has 2 rings (SSSR count). The van der Waals surface area contributed by atoms with E-state index in [1.165, 1.54) is 12.1 Å². The fourth-order valence-corrected chi connectivity index (χ4v) is 2.25. The predicted molar refractivity (Wildman–Crippen MR) is 91.5 cm³/mol. The van der Waals surface area contributed by atoms with Gasteiger partial charge in [-0.3, -0.25) is 14.9 Å². The highest BCUT2D eigenvalue weighted by Gasteiger charge is 2.22. The van der Waals surface area contributed by atoms with Gasteiger partial charge in [-0.1, -0.05) is 41.9 Å². The zero-order valence-corrected chi connectivity index (χ0v) is 13.9. The van der Waals surface area contributed by atoms with Crippen LogP contribution >= 0.6 is 11.6 Å². The van der Waals surface area contributed by atoms with Crippen molar-refractivity contribution < 1.29 is 19.2 Å². The molecule has 2 aromatic carbocycles. The molecule has 0 heterocycles. The van der Waals surface area contributed by atoms with E-state index in [1.807, 2.05) is 30.3 Å². The molecule has 0 atom stereocenters. The van der Waals surface area contributed by atoms with Gasteiger partial charge in [0.25, 0.3) is 11.6 Å². The molecule has 0 saturated heterocycles. The molecule has 1 amide bonds. The van der Waals surface area contributed by atoms with E-state index in [0.29, 0.717) is 13.0 Å². The summed E-state index contributed by atoms with van der Waals surface area (Å²) < 4.78 is 4.82. The van der Waals surface area contributed by atoms with E-state index in [-0.39, 0.29) is 10.6 Å². The quantitative estimate of drug-likeness (QED) is 0.464. The van der Waals surface area contributed by atoms with Gasteiger partial charge in [-0.05, 0) is 24.1 Å². The van der Waals surface area contributed by atoms with Crippen LogP contribution in [-0.4, -0.2) is 30.0 Å². The number of ether oxygens (including phenoxy) is 1. The predicted octanol–water partition coefficient (Wildman–Crippen LogP) is 2.76. The van der Waals surface area contributed by atoms with E-state index in [4.69, 9.17) is 16.3 Å². The van der Waals surface area contributed by atoms with Crippen LogP contribution < -0.4 is 5.32 Å². The third-order valence-electron chi connectivity index (χ3n) is 3.29. The zero-order valence-electron chi connectivity index (χ0n) is 13.1. The molecule has 25 heavy (non-hydrogen) atoms. The fourth-order valence-electron chi connectivity index (χ4n) is 2.08. The number of rotatable bonds is 7. The Bertz CT molecular complexity index is 780. The second kappa shape index (κ2) is 8.79. The molecule has 0 unspecified atom stereocenters. The Balaban J connectivity index is 1.83. The van der Waals surface area contributed by atoms with Crippen LogP contribution in [0.2, 0.25) is 5.02 Å². The van der Waals surface area contributed by atoms with Crippen LogP contribution in [-0.2, 0) is 16.0 Å². The maximum absolute atomic E-state index is 11.9. The molecule has 2 aromatic rings. The lowest BCUT2D eigenvalue weighted by atomic mass is 10.1. The van der Waals surface area contributed by atoms with Gasteiger partial charge in [0, 0.05) is 17.6 Å². The maximum atomic E-state index is 11.9. The lowest BCUT2D eigenvalue weighted by Crippen LogP contribution is -2.30. The SMILES string of the molecule is O=C(COC(=O)c1ccc(Cl)cc1[N+](=O)[O-])NCCc1ccccc1. The number of nitrogens with one attached hydrogen (secondary N) is 1. The molecule has 7 nitrogen and oxygen atoms in total. The average Bonchev–Trinajstić information content (AvgIpc) is 2.60. The van der Waals surface area contributed by atoms with Crippen LogP contribution in [0.25, 0.3) is 0 Å². The van der Waals surface area contributed by atoms with Crippen LogP contribution in [0.15, 0.2) is 48.5 Å². The van der Waals surface area contributed by atoms with Gasteiger partial charge in [0.1, 0.15) is 5.56 Å². The van der Waals surface area contributed by atoms with Crippen molar-refractivity contribution in [3.63, 3.8) is 0 Å². The number of carbonyl (C=O) groups excluding carboxylic acids is 2. The summed E-state index contributed by atoms with van der Waals surface area (Å²) in [4.78, 5) is 33.8. The van der Waals surface area contributed by atoms with Crippen molar-refractivity contribution in [2.24, 2.45) is 0 Å². The third-order valence-corrected chi connectivity index (χ3v) is 3.52. The number of hydrogen-bond donors (Lipinski definition) is 1. The molecule has 0 fully saturated rings.